The number of nitrogens with zero attached hydrogens (tertiary/aromatic N) is 1. The van der Waals surface area contributed by atoms with Crippen molar-refractivity contribution in [1.29, 1.82) is 0 Å². The Morgan fingerprint density at radius 3 is 2.42 bits per heavy atom. The smallest absolute Gasteiger partial charge is 0.241 e. The minimum absolute atomic E-state index is 0.315. The molecule has 0 radical (unpaired) electrons. The summed E-state index contributed by atoms with van der Waals surface area (Å²) in [5.41, 5.74) is 3.93. The van der Waals surface area contributed by atoms with Gasteiger partial charge >= 0.3 is 0 Å². The summed E-state index contributed by atoms with van der Waals surface area (Å²) in [7, 11) is -3.67. The number of rotatable bonds is 5. The normalized spacial score (nSPS) is 14.8. The third-order valence-corrected chi connectivity index (χ3v) is 6.19. The van der Waals surface area contributed by atoms with Gasteiger partial charge in [-0.2, -0.15) is 4.72 Å². The number of fused-ring (bicyclic) bond motifs is 1. The number of nitrogens with one attached hydrogen (secondary N) is 1. The van der Waals surface area contributed by atoms with Gasteiger partial charge in [0.2, 0.25) is 10.0 Å². The lowest BCUT2D eigenvalue weighted by Gasteiger charge is -2.19. The Morgan fingerprint density at radius 1 is 0.885 bits per heavy atom. The van der Waals surface area contributed by atoms with Gasteiger partial charge in [-0.3, -0.25) is 4.98 Å². The van der Waals surface area contributed by atoms with Crippen LogP contribution in [0, 0.1) is 0 Å². The molecule has 0 fully saturated rings. The highest BCUT2D eigenvalue weighted by Crippen LogP contribution is 2.27. The number of pyridine rings is 1. The van der Waals surface area contributed by atoms with Crippen molar-refractivity contribution < 1.29 is 8.42 Å². The SMILES string of the molecule is O=S(=O)(NC(c1ccccc1)c1ccccn1)c1ccc2c(c1)CCC2. The van der Waals surface area contributed by atoms with Crippen molar-refractivity contribution in [2.24, 2.45) is 0 Å². The van der Waals surface area contributed by atoms with Gasteiger partial charge in [0, 0.05) is 6.20 Å². The molecule has 0 amide bonds. The van der Waals surface area contributed by atoms with E-state index in [1.807, 2.05) is 60.7 Å². The summed E-state index contributed by atoms with van der Waals surface area (Å²) in [5, 5.41) is 0. The fraction of sp³-hybridized carbons (Fsp3) is 0.190. The van der Waals surface area contributed by atoms with Crippen LogP contribution in [0.15, 0.2) is 77.8 Å². The predicted octanol–water partition coefficient (Wildman–Crippen LogP) is 3.64. The van der Waals surface area contributed by atoms with Gasteiger partial charge in [0.05, 0.1) is 16.6 Å². The van der Waals surface area contributed by atoms with Crippen molar-refractivity contribution in [2.45, 2.75) is 30.2 Å². The van der Waals surface area contributed by atoms with Gasteiger partial charge in [-0.1, -0.05) is 42.5 Å². The van der Waals surface area contributed by atoms with Gasteiger partial charge in [-0.25, -0.2) is 8.42 Å². The minimum atomic E-state index is -3.67. The van der Waals surface area contributed by atoms with E-state index in [0.717, 1.165) is 30.4 Å². The number of hydrogen-bond acceptors (Lipinski definition) is 3. The number of sulfonamides is 1. The van der Waals surface area contributed by atoms with Crippen LogP contribution in [0.25, 0.3) is 0 Å². The first-order valence-electron chi connectivity index (χ1n) is 8.73. The molecule has 0 spiro atoms. The zero-order chi connectivity index (χ0) is 18.0. The first-order valence-corrected chi connectivity index (χ1v) is 10.2. The molecule has 1 N–H and O–H groups in total. The van der Waals surface area contributed by atoms with Crippen LogP contribution in [0.3, 0.4) is 0 Å². The molecular weight excluding hydrogens is 344 g/mol. The summed E-state index contributed by atoms with van der Waals surface area (Å²) in [4.78, 5) is 4.68. The summed E-state index contributed by atoms with van der Waals surface area (Å²) < 4.78 is 28.9. The molecule has 0 saturated carbocycles. The van der Waals surface area contributed by atoms with Crippen molar-refractivity contribution in [3.05, 3.63) is 95.3 Å². The maximum absolute atomic E-state index is 13.1. The van der Waals surface area contributed by atoms with Crippen LogP contribution in [0.5, 0.6) is 0 Å². The topological polar surface area (TPSA) is 59.1 Å². The first kappa shape index (κ1) is 16.9. The average molecular weight is 364 g/mol. The summed E-state index contributed by atoms with van der Waals surface area (Å²) in [6, 6.07) is 20.0. The number of benzene rings is 2. The molecule has 1 aliphatic rings. The largest absolute Gasteiger partial charge is 0.259 e. The Bertz CT molecular complexity index is 963. The van der Waals surface area contributed by atoms with Crippen LogP contribution in [-0.2, 0) is 22.9 Å². The molecule has 4 rings (SSSR count). The van der Waals surface area contributed by atoms with Crippen molar-refractivity contribution in [1.82, 2.24) is 9.71 Å². The highest BCUT2D eigenvalue weighted by atomic mass is 32.2. The van der Waals surface area contributed by atoms with Gasteiger partial charge in [-0.15, -0.1) is 0 Å². The molecule has 1 unspecified atom stereocenters. The second kappa shape index (κ2) is 7.02. The van der Waals surface area contributed by atoms with E-state index in [4.69, 9.17) is 0 Å². The van der Waals surface area contributed by atoms with E-state index in [1.54, 1.807) is 12.3 Å². The Morgan fingerprint density at radius 2 is 1.65 bits per heavy atom. The van der Waals surface area contributed by atoms with Crippen molar-refractivity contribution in [3.8, 4) is 0 Å². The standard InChI is InChI=1S/C21H20N2O2S/c24-26(25,19-13-12-16-9-6-10-18(16)15-19)23-21(17-7-2-1-3-8-17)20-11-4-5-14-22-20/h1-5,7-8,11-15,21,23H,6,9-10H2. The summed E-state index contributed by atoms with van der Waals surface area (Å²) >= 11 is 0. The molecule has 1 atom stereocenters. The quantitative estimate of drug-likeness (QED) is 0.752. The monoisotopic (exact) mass is 364 g/mol. The minimum Gasteiger partial charge on any atom is -0.259 e. The van der Waals surface area contributed by atoms with E-state index in [-0.39, 0.29) is 0 Å². The fourth-order valence-corrected chi connectivity index (χ4v) is 4.68. The number of hydrogen-bond donors (Lipinski definition) is 1. The second-order valence-electron chi connectivity index (χ2n) is 6.50. The molecule has 132 valence electrons. The molecule has 3 aromatic rings. The van der Waals surface area contributed by atoms with Gasteiger partial charge in [0.25, 0.3) is 0 Å². The van der Waals surface area contributed by atoms with Crippen LogP contribution in [-0.4, -0.2) is 13.4 Å². The molecular formula is C21H20N2O2S. The van der Waals surface area contributed by atoms with E-state index in [1.165, 1.54) is 5.56 Å². The second-order valence-corrected chi connectivity index (χ2v) is 8.22. The summed E-state index contributed by atoms with van der Waals surface area (Å²) in [5.74, 6) is 0. The van der Waals surface area contributed by atoms with E-state index in [0.29, 0.717) is 10.6 Å². The highest BCUT2D eigenvalue weighted by molar-refractivity contribution is 7.89. The van der Waals surface area contributed by atoms with Crippen LogP contribution in [0.1, 0.15) is 34.8 Å². The molecule has 0 saturated heterocycles. The highest BCUT2D eigenvalue weighted by Gasteiger charge is 2.25. The van der Waals surface area contributed by atoms with Crippen LogP contribution in [0.2, 0.25) is 0 Å². The van der Waals surface area contributed by atoms with Crippen molar-refractivity contribution in [2.75, 3.05) is 0 Å². The molecule has 26 heavy (non-hydrogen) atoms. The van der Waals surface area contributed by atoms with Crippen LogP contribution < -0.4 is 4.72 Å². The molecule has 0 bridgehead atoms. The lowest BCUT2D eigenvalue weighted by molar-refractivity contribution is 0.570. The van der Waals surface area contributed by atoms with E-state index in [9.17, 15) is 8.42 Å². The molecule has 5 heteroatoms. The summed E-state index contributed by atoms with van der Waals surface area (Å²) in [6.07, 6.45) is 4.74. The fourth-order valence-electron chi connectivity index (χ4n) is 3.43. The zero-order valence-corrected chi connectivity index (χ0v) is 15.1. The van der Waals surface area contributed by atoms with E-state index >= 15 is 0 Å². The Kier molecular flexibility index (Phi) is 4.57. The predicted molar refractivity (Wildman–Crippen MR) is 101 cm³/mol. The average Bonchev–Trinajstić information content (AvgIpc) is 3.15. The maximum Gasteiger partial charge on any atom is 0.241 e. The van der Waals surface area contributed by atoms with Gasteiger partial charge < -0.3 is 0 Å². The third kappa shape index (κ3) is 3.41. The summed E-state index contributed by atoms with van der Waals surface area (Å²) in [6.45, 7) is 0. The lowest BCUT2D eigenvalue weighted by atomic mass is 10.0. The molecule has 2 aromatic carbocycles. The van der Waals surface area contributed by atoms with Crippen molar-refractivity contribution in [3.63, 3.8) is 0 Å². The maximum atomic E-state index is 13.1. The van der Waals surface area contributed by atoms with Crippen molar-refractivity contribution >= 4 is 10.0 Å². The van der Waals surface area contributed by atoms with E-state index in [2.05, 4.69) is 9.71 Å². The van der Waals surface area contributed by atoms with Crippen LogP contribution >= 0.6 is 0 Å². The molecule has 1 aliphatic carbocycles. The molecule has 1 aromatic heterocycles. The van der Waals surface area contributed by atoms with Gasteiger partial charge in [0.1, 0.15) is 0 Å². The first-order chi connectivity index (χ1) is 12.6. The van der Waals surface area contributed by atoms with Gasteiger partial charge in [-0.05, 0) is 60.2 Å². The Balaban J connectivity index is 1.71. The Labute approximate surface area is 154 Å². The Hall–Kier alpha value is -2.50. The van der Waals surface area contributed by atoms with E-state index < -0.39 is 16.1 Å². The molecule has 4 nitrogen and oxygen atoms in total. The molecule has 0 aliphatic heterocycles. The number of aryl methyl sites for hydroxylation is 2. The third-order valence-electron chi connectivity index (χ3n) is 4.77. The lowest BCUT2D eigenvalue weighted by Crippen LogP contribution is -2.30. The van der Waals surface area contributed by atoms with Crippen LogP contribution in [0.4, 0.5) is 0 Å². The number of aromatic nitrogens is 1. The molecule has 1 heterocycles. The van der Waals surface area contributed by atoms with Gasteiger partial charge in [0.15, 0.2) is 0 Å². The zero-order valence-electron chi connectivity index (χ0n) is 14.3.